The van der Waals surface area contributed by atoms with E-state index in [0.717, 1.165) is 0 Å². The Morgan fingerprint density at radius 2 is 0.632 bits per heavy atom. The molecule has 0 amide bonds. The van der Waals surface area contributed by atoms with Crippen molar-refractivity contribution in [1.82, 2.24) is 0 Å². The Bertz CT molecular complexity index is 514. The Morgan fingerprint density at radius 3 is 0.868 bits per heavy atom. The first kappa shape index (κ1) is 43.7. The molecule has 0 saturated heterocycles. The first-order valence-electron chi connectivity index (χ1n) is 10.7. The SMILES string of the molecule is O=C[C@H](O)[C@@H](O)[C@H](O)CO.O=C[C@H](O)[C@@H](O)[C@H](O)[C@H](O)CO.OCC(O)CO.OC[C@@H](O)[C@H](O)[C@@H](O)CO. The van der Waals surface area contributed by atoms with Gasteiger partial charge in [-0.1, -0.05) is 0 Å². The van der Waals surface area contributed by atoms with Crippen molar-refractivity contribution in [3.8, 4) is 0 Å². The maximum Gasteiger partial charge on any atom is 0.151 e. The first-order chi connectivity index (χ1) is 17.6. The van der Waals surface area contributed by atoms with Gasteiger partial charge in [0.05, 0.1) is 39.6 Å². The highest BCUT2D eigenvalue weighted by Gasteiger charge is 2.29. The Hall–Kier alpha value is -1.34. The molecule has 0 heterocycles. The van der Waals surface area contributed by atoms with E-state index in [9.17, 15) is 9.59 Å². The fourth-order valence-corrected chi connectivity index (χ4v) is 1.56. The third-order valence-electron chi connectivity index (χ3n) is 4.08. The average Bonchev–Trinajstić information content (AvgIpc) is 2.96. The van der Waals surface area contributed by atoms with Crippen LogP contribution in [0.3, 0.4) is 0 Å². The molecule has 19 heteroatoms. The Labute approximate surface area is 216 Å². The van der Waals surface area contributed by atoms with Crippen LogP contribution in [-0.2, 0) is 9.59 Å². The summed E-state index contributed by atoms with van der Waals surface area (Å²) < 4.78 is 0. The van der Waals surface area contributed by atoms with Gasteiger partial charge in [-0.25, -0.2) is 0 Å². The number of carbonyl (C=O) groups excluding carboxylic acids is 2. The second-order valence-corrected chi connectivity index (χ2v) is 7.23. The number of rotatable bonds is 15. The lowest BCUT2D eigenvalue weighted by molar-refractivity contribution is -0.136. The van der Waals surface area contributed by atoms with Crippen LogP contribution in [0.2, 0.25) is 0 Å². The maximum atomic E-state index is 9.90. The molecule has 0 aliphatic carbocycles. The van der Waals surface area contributed by atoms with Crippen LogP contribution in [0.5, 0.6) is 0 Å². The van der Waals surface area contributed by atoms with Gasteiger partial charge in [-0.05, 0) is 0 Å². The van der Waals surface area contributed by atoms with Gasteiger partial charge in [0.15, 0.2) is 12.6 Å². The van der Waals surface area contributed by atoms with E-state index in [1.807, 2.05) is 0 Å². The lowest BCUT2D eigenvalue weighted by Gasteiger charge is -2.22. The van der Waals surface area contributed by atoms with Crippen LogP contribution in [-0.4, -0.2) is 206 Å². The number of aliphatic hydroxyl groups excluding tert-OH is 17. The van der Waals surface area contributed by atoms with E-state index in [-0.39, 0.29) is 25.8 Å². The number of aldehydes is 2. The third-order valence-corrected chi connectivity index (χ3v) is 4.08. The molecule has 0 bridgehead atoms. The van der Waals surface area contributed by atoms with Crippen molar-refractivity contribution < 1.29 is 96.4 Å². The van der Waals surface area contributed by atoms with E-state index < -0.39 is 93.6 Å². The van der Waals surface area contributed by atoms with Gasteiger partial charge in [-0.3, -0.25) is 0 Å². The molecule has 0 aliphatic heterocycles. The van der Waals surface area contributed by atoms with Gasteiger partial charge in [0.2, 0.25) is 0 Å². The maximum absolute atomic E-state index is 9.90. The molecule has 0 aromatic rings. The van der Waals surface area contributed by atoms with Crippen LogP contribution in [0, 0.1) is 0 Å². The van der Waals surface area contributed by atoms with E-state index in [1.54, 1.807) is 0 Å². The van der Waals surface area contributed by atoms with Crippen LogP contribution >= 0.6 is 0 Å². The molecule has 38 heavy (non-hydrogen) atoms. The Kier molecular flexibility index (Phi) is 31.3. The Balaban J connectivity index is -0.000000208. The van der Waals surface area contributed by atoms with Crippen LogP contribution in [0.25, 0.3) is 0 Å². The fraction of sp³-hybridized carbons (Fsp3) is 0.895. The summed E-state index contributed by atoms with van der Waals surface area (Å²) >= 11 is 0. The summed E-state index contributed by atoms with van der Waals surface area (Å²) in [7, 11) is 0. The largest absolute Gasteiger partial charge is 0.394 e. The molecule has 0 aromatic heterocycles. The van der Waals surface area contributed by atoms with Gasteiger partial charge in [0.25, 0.3) is 0 Å². The van der Waals surface area contributed by atoms with E-state index in [2.05, 4.69) is 0 Å². The van der Waals surface area contributed by atoms with E-state index in [1.165, 1.54) is 0 Å². The number of hydrogen-bond acceptors (Lipinski definition) is 19. The quantitative estimate of drug-likeness (QED) is 0.0806. The summed E-state index contributed by atoms with van der Waals surface area (Å²) in [5, 5.41) is 144. The standard InChI is InChI=1S/C6H12O6.C5H12O5.C5H10O5.C3H8O3/c7-1-3(9)5(11)6(12)4(10)2-8;2*6-1-3(8)5(10)4(9)2-7;4-1-3(6)2-5/h1,3-6,8-12H,2H2;3-10H,1-2H2;1,3-5,7-10H,2H2;3-6H,1-2H2/t3-,4+,5+,6+;2*3-,4+,5+;/m0.0./s1. The Morgan fingerprint density at radius 1 is 0.368 bits per heavy atom. The van der Waals surface area contributed by atoms with E-state index in [4.69, 9.17) is 86.8 Å². The predicted molar refractivity (Wildman–Crippen MR) is 121 cm³/mol. The van der Waals surface area contributed by atoms with Crippen molar-refractivity contribution >= 4 is 12.6 Å². The summed E-state index contributed by atoms with van der Waals surface area (Å²) in [6.07, 6.45) is -16.7. The van der Waals surface area contributed by atoms with Crippen molar-refractivity contribution in [3.63, 3.8) is 0 Å². The molecule has 0 fully saturated rings. The molecule has 10 atom stereocenters. The highest BCUT2D eigenvalue weighted by Crippen LogP contribution is 2.03. The molecule has 0 aliphatic rings. The van der Waals surface area contributed by atoms with Crippen LogP contribution in [0.15, 0.2) is 0 Å². The van der Waals surface area contributed by atoms with Crippen molar-refractivity contribution in [2.75, 3.05) is 39.6 Å². The first-order valence-corrected chi connectivity index (χ1v) is 10.7. The lowest BCUT2D eigenvalue weighted by atomic mass is 10.0. The summed E-state index contributed by atoms with van der Waals surface area (Å²) in [5.41, 5.74) is 0. The zero-order chi connectivity index (χ0) is 31.0. The second kappa shape index (κ2) is 27.2. The summed E-state index contributed by atoms with van der Waals surface area (Å²) in [6.45, 7) is -3.46. The van der Waals surface area contributed by atoms with Crippen molar-refractivity contribution in [2.24, 2.45) is 0 Å². The van der Waals surface area contributed by atoms with Crippen LogP contribution in [0.1, 0.15) is 0 Å². The van der Waals surface area contributed by atoms with E-state index in [0.29, 0.717) is 0 Å². The topological polar surface area (TPSA) is 378 Å². The monoisotopic (exact) mass is 574 g/mol. The van der Waals surface area contributed by atoms with Crippen molar-refractivity contribution in [2.45, 2.75) is 67.1 Å². The van der Waals surface area contributed by atoms with Gasteiger partial charge in [-0.2, -0.15) is 0 Å². The number of carbonyl (C=O) groups is 2. The van der Waals surface area contributed by atoms with Crippen LogP contribution in [0.4, 0.5) is 0 Å². The normalized spacial score (nSPS) is 18.7. The van der Waals surface area contributed by atoms with Gasteiger partial charge >= 0.3 is 0 Å². The summed E-state index contributed by atoms with van der Waals surface area (Å²) in [4.78, 5) is 19.7. The molecule has 0 unspecified atom stereocenters. The molecule has 19 nitrogen and oxygen atoms in total. The summed E-state index contributed by atoms with van der Waals surface area (Å²) in [5.74, 6) is 0. The van der Waals surface area contributed by atoms with Crippen molar-refractivity contribution in [1.29, 1.82) is 0 Å². The zero-order valence-electron chi connectivity index (χ0n) is 20.2. The third kappa shape index (κ3) is 21.6. The van der Waals surface area contributed by atoms with Gasteiger partial charge < -0.3 is 96.4 Å². The fourth-order valence-electron chi connectivity index (χ4n) is 1.56. The highest BCUT2D eigenvalue weighted by molar-refractivity contribution is 5.57. The molecular weight excluding hydrogens is 532 g/mol. The molecule has 0 saturated carbocycles. The highest BCUT2D eigenvalue weighted by atomic mass is 16.4. The zero-order valence-corrected chi connectivity index (χ0v) is 20.2. The molecule has 232 valence electrons. The lowest BCUT2D eigenvalue weighted by Crippen LogP contribution is -2.46. The van der Waals surface area contributed by atoms with Crippen molar-refractivity contribution in [3.05, 3.63) is 0 Å². The average molecular weight is 575 g/mol. The minimum atomic E-state index is -1.79. The minimum Gasteiger partial charge on any atom is -0.394 e. The summed E-state index contributed by atoms with van der Waals surface area (Å²) in [6, 6.07) is 0. The molecule has 0 spiro atoms. The number of hydrogen-bond donors (Lipinski definition) is 17. The van der Waals surface area contributed by atoms with E-state index >= 15 is 0 Å². The predicted octanol–water partition coefficient (Wildman–Crippen LogP) is -10.7. The molecule has 0 aromatic carbocycles. The molecule has 17 N–H and O–H groups in total. The van der Waals surface area contributed by atoms with Gasteiger partial charge in [0.1, 0.15) is 67.1 Å². The number of aliphatic hydroxyl groups is 17. The smallest absolute Gasteiger partial charge is 0.151 e. The molecule has 0 rings (SSSR count). The minimum absolute atomic E-state index is 0.0258. The second-order valence-electron chi connectivity index (χ2n) is 7.23. The molecular formula is C19H42O19. The molecule has 0 radical (unpaired) electrons. The van der Waals surface area contributed by atoms with Gasteiger partial charge in [0, 0.05) is 0 Å². The van der Waals surface area contributed by atoms with Crippen LogP contribution < -0.4 is 0 Å². The van der Waals surface area contributed by atoms with Gasteiger partial charge in [-0.15, -0.1) is 0 Å².